The van der Waals surface area contributed by atoms with E-state index in [0.717, 1.165) is 32.7 Å². The number of benzene rings is 2. The number of nitrogens with zero attached hydrogens (tertiary/aromatic N) is 2. The molecule has 172 valence electrons. The molecule has 1 heterocycles. The number of rotatable bonds is 8. The Labute approximate surface area is 192 Å². The summed E-state index contributed by atoms with van der Waals surface area (Å²) in [6.45, 7) is 8.05. The van der Waals surface area contributed by atoms with Crippen LogP contribution in [0.5, 0.6) is 0 Å². The number of aryl methyl sites for hydroxylation is 2. The number of thiazole rings is 1. The molecule has 0 spiro atoms. The maximum absolute atomic E-state index is 12.5. The fourth-order valence-electron chi connectivity index (χ4n) is 3.58. The number of hydrogen-bond donors (Lipinski definition) is 1. The van der Waals surface area contributed by atoms with E-state index in [1.165, 1.54) is 10.6 Å². The fraction of sp³-hybridized carbons (Fsp3) is 0.391. The summed E-state index contributed by atoms with van der Waals surface area (Å²) in [6.07, 6.45) is 1.73. The van der Waals surface area contributed by atoms with E-state index >= 15 is 0 Å². The van der Waals surface area contributed by atoms with Gasteiger partial charge in [0.15, 0.2) is 0 Å². The van der Waals surface area contributed by atoms with Crippen LogP contribution in [0.2, 0.25) is 0 Å². The van der Waals surface area contributed by atoms with Crippen molar-refractivity contribution in [3.63, 3.8) is 0 Å². The predicted octanol–water partition coefficient (Wildman–Crippen LogP) is 4.45. The number of carbonyl (C=O) groups excluding carboxylic acids is 1. The van der Waals surface area contributed by atoms with Crippen molar-refractivity contribution in [2.24, 2.45) is 0 Å². The zero-order valence-corrected chi connectivity index (χ0v) is 20.6. The molecular weight excluding hydrogens is 446 g/mol. The van der Waals surface area contributed by atoms with Crippen LogP contribution in [-0.4, -0.2) is 31.7 Å². The first-order valence-electron chi connectivity index (χ1n) is 10.5. The quantitative estimate of drug-likeness (QED) is 0.521. The summed E-state index contributed by atoms with van der Waals surface area (Å²) >= 11 is 1.16. The average molecular weight is 476 g/mol. The molecule has 0 radical (unpaired) electrons. The van der Waals surface area contributed by atoms with Gasteiger partial charge in [0.1, 0.15) is 0 Å². The Morgan fingerprint density at radius 1 is 1.12 bits per heavy atom. The average Bonchev–Trinajstić information content (AvgIpc) is 3.01. The number of carbonyl (C=O) groups is 1. The second-order valence-electron chi connectivity index (χ2n) is 8.27. The monoisotopic (exact) mass is 475 g/mol. The number of amides is 1. The van der Waals surface area contributed by atoms with Crippen LogP contribution in [-0.2, 0) is 14.8 Å². The molecule has 1 amide bonds. The number of fused-ring (bicyclic) bond motifs is 1. The lowest BCUT2D eigenvalue weighted by atomic mass is 10.1. The standard InChI is InChI=1S/C23H29N3O4S2/c1-15(2)26-20-11-9-18(14-21(20)31-23(26)28)24-22(27)7-6-12-25(32(5,29)30)19-10-8-16(3)17(4)13-19/h8-11,13-15H,6-7,12H2,1-5H3,(H,24,27). The highest BCUT2D eigenvalue weighted by Gasteiger charge is 2.18. The molecule has 0 saturated heterocycles. The molecule has 0 aliphatic carbocycles. The Morgan fingerprint density at radius 3 is 2.47 bits per heavy atom. The van der Waals surface area contributed by atoms with E-state index in [1.807, 2.05) is 45.9 Å². The van der Waals surface area contributed by atoms with Crippen molar-refractivity contribution in [1.29, 1.82) is 0 Å². The van der Waals surface area contributed by atoms with Crippen molar-refractivity contribution in [3.05, 3.63) is 57.2 Å². The van der Waals surface area contributed by atoms with Crippen LogP contribution in [0.4, 0.5) is 11.4 Å². The molecule has 0 aliphatic rings. The minimum absolute atomic E-state index is 0.0225. The summed E-state index contributed by atoms with van der Waals surface area (Å²) in [5.74, 6) is -0.200. The molecule has 3 aromatic rings. The highest BCUT2D eigenvalue weighted by Crippen LogP contribution is 2.25. The second-order valence-corrected chi connectivity index (χ2v) is 11.2. The second kappa shape index (κ2) is 9.46. The minimum atomic E-state index is -3.47. The molecule has 2 aromatic carbocycles. The molecule has 0 atom stereocenters. The first kappa shape index (κ1) is 24.0. The Kier molecular flexibility index (Phi) is 7.09. The zero-order chi connectivity index (χ0) is 23.6. The van der Waals surface area contributed by atoms with Gasteiger partial charge in [-0.1, -0.05) is 17.4 Å². The summed E-state index contributed by atoms with van der Waals surface area (Å²) in [6, 6.07) is 11.0. The smallest absolute Gasteiger partial charge is 0.308 e. The number of nitrogens with one attached hydrogen (secondary N) is 1. The molecule has 0 unspecified atom stereocenters. The maximum atomic E-state index is 12.5. The Balaban J connectivity index is 1.66. The number of sulfonamides is 1. The van der Waals surface area contributed by atoms with Crippen molar-refractivity contribution in [3.8, 4) is 0 Å². The topological polar surface area (TPSA) is 88.5 Å². The molecule has 0 fully saturated rings. The third kappa shape index (κ3) is 5.39. The van der Waals surface area contributed by atoms with Crippen molar-refractivity contribution in [2.75, 3.05) is 22.4 Å². The third-order valence-corrected chi connectivity index (χ3v) is 7.47. The molecule has 0 saturated carbocycles. The van der Waals surface area contributed by atoms with Crippen LogP contribution in [0.15, 0.2) is 41.2 Å². The molecule has 32 heavy (non-hydrogen) atoms. The van der Waals surface area contributed by atoms with Crippen molar-refractivity contribution >= 4 is 48.9 Å². The molecule has 3 rings (SSSR count). The van der Waals surface area contributed by atoms with Gasteiger partial charge in [-0.25, -0.2) is 8.42 Å². The zero-order valence-electron chi connectivity index (χ0n) is 19.0. The van der Waals surface area contributed by atoms with Gasteiger partial charge in [0.2, 0.25) is 15.9 Å². The van der Waals surface area contributed by atoms with Gasteiger partial charge in [0.05, 0.1) is 22.2 Å². The van der Waals surface area contributed by atoms with Gasteiger partial charge in [0.25, 0.3) is 0 Å². The van der Waals surface area contributed by atoms with E-state index in [2.05, 4.69) is 5.32 Å². The molecule has 0 bridgehead atoms. The largest absolute Gasteiger partial charge is 0.326 e. The minimum Gasteiger partial charge on any atom is -0.326 e. The summed E-state index contributed by atoms with van der Waals surface area (Å²) in [5.41, 5.74) is 4.18. The predicted molar refractivity (Wildman–Crippen MR) is 132 cm³/mol. The lowest BCUT2D eigenvalue weighted by Gasteiger charge is -2.23. The van der Waals surface area contributed by atoms with Crippen LogP contribution in [0.1, 0.15) is 43.9 Å². The summed E-state index contributed by atoms with van der Waals surface area (Å²) < 4.78 is 28.5. The normalized spacial score (nSPS) is 11.8. The molecular formula is C23H29N3O4S2. The summed E-state index contributed by atoms with van der Waals surface area (Å²) in [5, 5.41) is 2.85. The van der Waals surface area contributed by atoms with E-state index in [1.54, 1.807) is 22.8 Å². The summed E-state index contributed by atoms with van der Waals surface area (Å²) in [7, 11) is -3.47. The van der Waals surface area contributed by atoms with E-state index in [0.29, 0.717) is 17.8 Å². The van der Waals surface area contributed by atoms with E-state index in [9.17, 15) is 18.0 Å². The Hall–Kier alpha value is -2.65. The highest BCUT2D eigenvalue weighted by molar-refractivity contribution is 7.92. The van der Waals surface area contributed by atoms with E-state index in [4.69, 9.17) is 0 Å². The van der Waals surface area contributed by atoms with Crippen molar-refractivity contribution in [1.82, 2.24) is 4.57 Å². The first-order valence-corrected chi connectivity index (χ1v) is 13.1. The fourth-order valence-corrected chi connectivity index (χ4v) is 5.59. The van der Waals surface area contributed by atoms with E-state index in [-0.39, 0.29) is 29.8 Å². The Bertz CT molecular complexity index is 1310. The van der Waals surface area contributed by atoms with Gasteiger partial charge >= 0.3 is 4.87 Å². The SMILES string of the molecule is Cc1ccc(N(CCCC(=O)Nc2ccc3c(c2)sc(=O)n3C(C)C)S(C)(=O)=O)cc1C. The van der Waals surface area contributed by atoms with Crippen LogP contribution in [0.3, 0.4) is 0 Å². The van der Waals surface area contributed by atoms with Gasteiger partial charge < -0.3 is 5.32 Å². The highest BCUT2D eigenvalue weighted by atomic mass is 32.2. The molecule has 7 nitrogen and oxygen atoms in total. The van der Waals surface area contributed by atoms with Crippen LogP contribution in [0.25, 0.3) is 10.2 Å². The van der Waals surface area contributed by atoms with Gasteiger partial charge in [0, 0.05) is 24.7 Å². The lowest BCUT2D eigenvalue weighted by Crippen LogP contribution is -2.31. The number of aromatic nitrogens is 1. The number of anilines is 2. The number of hydrogen-bond acceptors (Lipinski definition) is 5. The molecule has 1 aromatic heterocycles. The van der Waals surface area contributed by atoms with Crippen LogP contribution < -0.4 is 14.5 Å². The maximum Gasteiger partial charge on any atom is 0.308 e. The summed E-state index contributed by atoms with van der Waals surface area (Å²) in [4.78, 5) is 24.6. The molecule has 0 aliphatic heterocycles. The molecule has 1 N–H and O–H groups in total. The lowest BCUT2D eigenvalue weighted by molar-refractivity contribution is -0.116. The van der Waals surface area contributed by atoms with E-state index < -0.39 is 10.0 Å². The van der Waals surface area contributed by atoms with Gasteiger partial charge in [-0.05, 0) is 75.6 Å². The van der Waals surface area contributed by atoms with Gasteiger partial charge in [-0.3, -0.25) is 18.5 Å². The van der Waals surface area contributed by atoms with Crippen molar-refractivity contribution in [2.45, 2.75) is 46.6 Å². The van der Waals surface area contributed by atoms with Gasteiger partial charge in [-0.2, -0.15) is 0 Å². The van der Waals surface area contributed by atoms with Crippen LogP contribution >= 0.6 is 11.3 Å². The van der Waals surface area contributed by atoms with Gasteiger partial charge in [-0.15, -0.1) is 0 Å². The third-order valence-electron chi connectivity index (χ3n) is 5.36. The van der Waals surface area contributed by atoms with Crippen LogP contribution in [0, 0.1) is 13.8 Å². The Morgan fingerprint density at radius 2 is 1.84 bits per heavy atom. The molecule has 9 heteroatoms. The first-order chi connectivity index (χ1) is 15.0. The van der Waals surface area contributed by atoms with Crippen molar-refractivity contribution < 1.29 is 13.2 Å².